The molecule has 0 spiro atoms. The molecule has 0 bridgehead atoms. The highest BCUT2D eigenvalue weighted by atomic mass is 35.5. The number of hydrogen-bond acceptors (Lipinski definition) is 4. The number of ether oxygens (including phenoxy) is 1. The molecule has 2 atom stereocenters. The standard InChI is InChI=1S/C14H13ClN2O2/c1-19-14(18)10-2-3-12(11(5-16)13(10)15)17-6-8-4-9(8)7-17/h2-3,8-9H,4,6-7H2,1H3. The van der Waals surface area contributed by atoms with E-state index >= 15 is 0 Å². The van der Waals surface area contributed by atoms with Gasteiger partial charge in [0.2, 0.25) is 0 Å². The van der Waals surface area contributed by atoms with Crippen molar-refractivity contribution in [3.63, 3.8) is 0 Å². The van der Waals surface area contributed by atoms with Crippen molar-refractivity contribution in [2.45, 2.75) is 6.42 Å². The number of piperidine rings is 1. The van der Waals surface area contributed by atoms with E-state index in [-0.39, 0.29) is 10.6 Å². The Bertz CT molecular complexity index is 584. The summed E-state index contributed by atoms with van der Waals surface area (Å²) in [6.07, 6.45) is 1.30. The van der Waals surface area contributed by atoms with E-state index < -0.39 is 5.97 Å². The molecule has 0 aromatic heterocycles. The number of fused-ring (bicyclic) bond motifs is 1. The van der Waals surface area contributed by atoms with Crippen molar-refractivity contribution in [2.24, 2.45) is 11.8 Å². The Morgan fingerprint density at radius 3 is 2.74 bits per heavy atom. The van der Waals surface area contributed by atoms with Gasteiger partial charge in [0.1, 0.15) is 6.07 Å². The fourth-order valence-corrected chi connectivity index (χ4v) is 3.08. The predicted molar refractivity (Wildman–Crippen MR) is 71.3 cm³/mol. The van der Waals surface area contributed by atoms with Crippen LogP contribution >= 0.6 is 11.6 Å². The summed E-state index contributed by atoms with van der Waals surface area (Å²) >= 11 is 6.16. The van der Waals surface area contributed by atoms with Crippen molar-refractivity contribution < 1.29 is 9.53 Å². The van der Waals surface area contributed by atoms with Crippen molar-refractivity contribution in [2.75, 3.05) is 25.1 Å². The zero-order valence-electron chi connectivity index (χ0n) is 10.5. The molecule has 1 heterocycles. The van der Waals surface area contributed by atoms with Gasteiger partial charge in [0.25, 0.3) is 0 Å². The lowest BCUT2D eigenvalue weighted by Crippen LogP contribution is -2.23. The Kier molecular flexibility index (Phi) is 2.87. The largest absolute Gasteiger partial charge is 0.465 e. The molecular formula is C14H13ClN2O2. The van der Waals surface area contributed by atoms with Crippen LogP contribution in [0.15, 0.2) is 12.1 Å². The van der Waals surface area contributed by atoms with E-state index in [9.17, 15) is 10.1 Å². The van der Waals surface area contributed by atoms with Crippen LogP contribution in [0.4, 0.5) is 5.69 Å². The molecule has 1 aliphatic heterocycles. The summed E-state index contributed by atoms with van der Waals surface area (Å²) in [5.41, 5.74) is 1.44. The average Bonchev–Trinajstić information content (AvgIpc) is 3.04. The van der Waals surface area contributed by atoms with Crippen molar-refractivity contribution in [1.82, 2.24) is 0 Å². The van der Waals surface area contributed by atoms with E-state index in [1.807, 2.05) is 0 Å². The average molecular weight is 277 g/mol. The summed E-state index contributed by atoms with van der Waals surface area (Å²) in [6.45, 7) is 1.96. The monoisotopic (exact) mass is 276 g/mol. The first-order valence-corrected chi connectivity index (χ1v) is 6.59. The van der Waals surface area contributed by atoms with Crippen molar-refractivity contribution >= 4 is 23.3 Å². The highest BCUT2D eigenvalue weighted by Crippen LogP contribution is 2.47. The first-order valence-electron chi connectivity index (χ1n) is 6.21. The van der Waals surface area contributed by atoms with Crippen LogP contribution < -0.4 is 4.90 Å². The molecule has 2 unspecified atom stereocenters. The highest BCUT2D eigenvalue weighted by Gasteiger charge is 2.45. The number of nitrogens with zero attached hydrogens (tertiary/aromatic N) is 2. The van der Waals surface area contributed by atoms with Gasteiger partial charge < -0.3 is 9.64 Å². The lowest BCUT2D eigenvalue weighted by molar-refractivity contribution is 0.0601. The lowest BCUT2D eigenvalue weighted by atomic mass is 10.1. The minimum atomic E-state index is -0.516. The lowest BCUT2D eigenvalue weighted by Gasteiger charge is -2.22. The Hall–Kier alpha value is -1.73. The first kappa shape index (κ1) is 12.3. The molecule has 0 N–H and O–H groups in total. The molecule has 1 aliphatic carbocycles. The molecule has 2 fully saturated rings. The number of nitriles is 1. The third-order valence-electron chi connectivity index (χ3n) is 3.96. The first-order chi connectivity index (χ1) is 9.15. The van der Waals surface area contributed by atoms with Gasteiger partial charge in [0.05, 0.1) is 28.9 Å². The van der Waals surface area contributed by atoms with Gasteiger partial charge in [-0.05, 0) is 30.4 Å². The third-order valence-corrected chi connectivity index (χ3v) is 4.35. The van der Waals surface area contributed by atoms with Crippen LogP contribution in [0.1, 0.15) is 22.3 Å². The minimum absolute atomic E-state index is 0.187. The smallest absolute Gasteiger partial charge is 0.339 e. The van der Waals surface area contributed by atoms with Crippen LogP contribution in [0.2, 0.25) is 5.02 Å². The highest BCUT2D eigenvalue weighted by molar-refractivity contribution is 6.35. The van der Waals surface area contributed by atoms with E-state index in [1.54, 1.807) is 12.1 Å². The summed E-state index contributed by atoms with van der Waals surface area (Å²) in [4.78, 5) is 13.7. The number of anilines is 1. The van der Waals surface area contributed by atoms with Gasteiger partial charge in [-0.3, -0.25) is 0 Å². The Labute approximate surface area is 116 Å². The molecular weight excluding hydrogens is 264 g/mol. The van der Waals surface area contributed by atoms with Gasteiger partial charge in [-0.15, -0.1) is 0 Å². The van der Waals surface area contributed by atoms with Crippen LogP contribution in [-0.4, -0.2) is 26.2 Å². The number of benzene rings is 1. The van der Waals surface area contributed by atoms with Gasteiger partial charge in [0, 0.05) is 13.1 Å². The van der Waals surface area contributed by atoms with Gasteiger partial charge in [-0.2, -0.15) is 5.26 Å². The van der Waals surface area contributed by atoms with E-state index in [4.69, 9.17) is 11.6 Å². The normalized spacial score (nSPS) is 23.7. The van der Waals surface area contributed by atoms with Crippen LogP contribution in [0.25, 0.3) is 0 Å². The molecule has 3 rings (SSSR count). The number of rotatable bonds is 2. The molecule has 1 saturated heterocycles. The fourth-order valence-electron chi connectivity index (χ4n) is 2.80. The number of halogens is 1. The summed E-state index contributed by atoms with van der Waals surface area (Å²) in [5, 5.41) is 9.49. The van der Waals surface area contributed by atoms with Crippen LogP contribution in [0, 0.1) is 23.2 Å². The van der Waals surface area contributed by atoms with Gasteiger partial charge >= 0.3 is 5.97 Å². The summed E-state index contributed by atoms with van der Waals surface area (Å²) in [6, 6.07) is 5.53. The SMILES string of the molecule is COC(=O)c1ccc(N2CC3CC3C2)c(C#N)c1Cl. The van der Waals surface area contributed by atoms with E-state index in [2.05, 4.69) is 15.7 Å². The molecule has 2 aliphatic rings. The fraction of sp³-hybridized carbons (Fsp3) is 0.429. The summed E-state index contributed by atoms with van der Waals surface area (Å²) < 4.78 is 4.66. The Morgan fingerprint density at radius 1 is 1.47 bits per heavy atom. The summed E-state index contributed by atoms with van der Waals surface area (Å²) in [5.74, 6) is 1.02. The molecule has 1 aromatic carbocycles. The molecule has 1 saturated carbocycles. The third kappa shape index (κ3) is 1.95. The molecule has 5 heteroatoms. The molecule has 0 radical (unpaired) electrons. The number of hydrogen-bond donors (Lipinski definition) is 0. The number of methoxy groups -OCH3 is 1. The Morgan fingerprint density at radius 2 is 2.16 bits per heavy atom. The van der Waals surface area contributed by atoms with Gasteiger partial charge in [-0.25, -0.2) is 4.79 Å². The molecule has 1 aromatic rings. The Balaban J connectivity index is 1.99. The maximum Gasteiger partial charge on any atom is 0.339 e. The predicted octanol–water partition coefficient (Wildman–Crippen LogP) is 2.45. The number of carbonyl (C=O) groups excluding carboxylic acids is 1. The zero-order chi connectivity index (χ0) is 13.6. The van der Waals surface area contributed by atoms with Gasteiger partial charge in [-0.1, -0.05) is 11.6 Å². The summed E-state index contributed by atoms with van der Waals surface area (Å²) in [7, 11) is 1.30. The van der Waals surface area contributed by atoms with Gasteiger partial charge in [0.15, 0.2) is 0 Å². The minimum Gasteiger partial charge on any atom is -0.465 e. The van der Waals surface area contributed by atoms with Crippen LogP contribution in [-0.2, 0) is 4.74 Å². The maximum atomic E-state index is 11.6. The van der Waals surface area contributed by atoms with E-state index in [0.29, 0.717) is 5.56 Å². The second kappa shape index (κ2) is 4.43. The molecule has 98 valence electrons. The van der Waals surface area contributed by atoms with Crippen molar-refractivity contribution in [1.29, 1.82) is 5.26 Å². The number of carbonyl (C=O) groups is 1. The van der Waals surface area contributed by atoms with Crippen molar-refractivity contribution in [3.8, 4) is 6.07 Å². The van der Waals surface area contributed by atoms with Crippen molar-refractivity contribution in [3.05, 3.63) is 28.3 Å². The second-order valence-electron chi connectivity index (χ2n) is 5.09. The van der Waals surface area contributed by atoms with E-state index in [1.165, 1.54) is 13.5 Å². The molecule has 19 heavy (non-hydrogen) atoms. The molecule has 0 amide bonds. The topological polar surface area (TPSA) is 53.3 Å². The zero-order valence-corrected chi connectivity index (χ0v) is 11.3. The quantitative estimate of drug-likeness (QED) is 0.779. The second-order valence-corrected chi connectivity index (χ2v) is 5.46. The number of esters is 1. The maximum absolute atomic E-state index is 11.6. The van der Waals surface area contributed by atoms with Crippen LogP contribution in [0.5, 0.6) is 0 Å². The van der Waals surface area contributed by atoms with Crippen LogP contribution in [0.3, 0.4) is 0 Å². The molecule has 4 nitrogen and oxygen atoms in total. The van der Waals surface area contributed by atoms with E-state index in [0.717, 1.165) is 30.6 Å².